The summed E-state index contributed by atoms with van der Waals surface area (Å²) in [5.74, 6) is 0.0830. The molecule has 0 spiro atoms. The lowest BCUT2D eigenvalue weighted by Crippen LogP contribution is -2.50. The van der Waals surface area contributed by atoms with Crippen molar-refractivity contribution < 1.29 is 44.0 Å². The molecule has 8 rings (SSSR count). The Hall–Kier alpha value is -6.46. The lowest BCUT2D eigenvalue weighted by molar-refractivity contribution is -0.148. The van der Waals surface area contributed by atoms with E-state index in [1.54, 1.807) is 25.3 Å². The number of methoxy groups -OCH3 is 2. The minimum Gasteiger partial charge on any atom is -0.495 e. The first-order valence-electron chi connectivity index (χ1n) is 24.3. The molecule has 2 aromatic carbocycles. The molecule has 4 N–H and O–H groups in total. The fraction of sp³-hybridized carbons (Fsp3) is 0.500. The molecule has 2 aliphatic carbocycles. The predicted octanol–water partition coefficient (Wildman–Crippen LogP) is 6.42. The second-order valence-corrected chi connectivity index (χ2v) is 17.9. The van der Waals surface area contributed by atoms with E-state index in [-0.39, 0.29) is 29.6 Å². The van der Waals surface area contributed by atoms with Crippen molar-refractivity contribution in [2.45, 2.75) is 51.4 Å². The van der Waals surface area contributed by atoms with E-state index in [1.807, 2.05) is 72.9 Å². The number of piperazine rings is 2. The Kier molecular flexibility index (Phi) is 20.3. The van der Waals surface area contributed by atoms with Crippen LogP contribution in [0.15, 0.2) is 97.3 Å². The van der Waals surface area contributed by atoms with E-state index in [2.05, 4.69) is 53.1 Å². The van der Waals surface area contributed by atoms with Crippen LogP contribution in [-0.2, 0) is 19.2 Å². The quantitative estimate of drug-likeness (QED) is 0.0958. The van der Waals surface area contributed by atoms with Crippen LogP contribution in [-0.4, -0.2) is 152 Å². The van der Waals surface area contributed by atoms with Gasteiger partial charge in [-0.15, -0.1) is 0 Å². The fourth-order valence-electron chi connectivity index (χ4n) is 9.50. The number of para-hydroxylation sites is 4. The van der Waals surface area contributed by atoms with E-state index in [4.69, 9.17) is 19.7 Å². The van der Waals surface area contributed by atoms with E-state index in [1.165, 1.54) is 5.69 Å². The molecule has 0 radical (unpaired) electrons. The Morgan fingerprint density at radius 1 is 0.551 bits per heavy atom. The number of ether oxygens (including phenoxy) is 2. The highest BCUT2D eigenvalue weighted by Gasteiger charge is 2.34. The molecule has 2 aliphatic heterocycles. The topological polar surface area (TPSA) is 201 Å². The van der Waals surface area contributed by atoms with Crippen LogP contribution in [0, 0.1) is 23.7 Å². The van der Waals surface area contributed by atoms with Crippen molar-refractivity contribution in [3.8, 4) is 11.5 Å². The molecule has 0 atom stereocenters. The molecule has 372 valence electrons. The number of pyridine rings is 2. The summed E-state index contributed by atoms with van der Waals surface area (Å²) in [5.41, 5.74) is 2.31. The number of anilines is 4. The van der Waals surface area contributed by atoms with Crippen molar-refractivity contribution in [2.24, 2.45) is 23.7 Å². The number of benzene rings is 2. The number of amides is 1. The van der Waals surface area contributed by atoms with E-state index >= 15 is 0 Å². The third-order valence-electron chi connectivity index (χ3n) is 13.7. The van der Waals surface area contributed by atoms with Gasteiger partial charge < -0.3 is 39.9 Å². The Balaban J connectivity index is 0.000000191. The summed E-state index contributed by atoms with van der Waals surface area (Å²) in [6, 6.07) is 27.9. The smallest absolute Gasteiger partial charge is 0.306 e. The van der Waals surface area contributed by atoms with Gasteiger partial charge in [0.05, 0.1) is 43.3 Å². The second kappa shape index (κ2) is 26.9. The molecule has 4 aliphatic rings. The average molecular weight is 951 g/mol. The molecule has 69 heavy (non-hydrogen) atoms. The van der Waals surface area contributed by atoms with Gasteiger partial charge in [-0.05, 0) is 99.9 Å². The van der Waals surface area contributed by atoms with Crippen molar-refractivity contribution in [1.29, 1.82) is 0 Å². The maximum absolute atomic E-state index is 13.5. The van der Waals surface area contributed by atoms with Crippen LogP contribution >= 0.6 is 0 Å². The van der Waals surface area contributed by atoms with E-state index in [9.17, 15) is 24.3 Å². The van der Waals surface area contributed by atoms with Gasteiger partial charge in [0.15, 0.2) is 0 Å². The molecular weight excluding hydrogens is 881 g/mol. The zero-order valence-electron chi connectivity index (χ0n) is 40.1. The second-order valence-electron chi connectivity index (χ2n) is 17.9. The minimum absolute atomic E-state index is 0.0650. The van der Waals surface area contributed by atoms with E-state index in [0.29, 0.717) is 63.7 Å². The lowest BCUT2D eigenvalue weighted by Gasteiger charge is -2.38. The summed E-state index contributed by atoms with van der Waals surface area (Å²) in [6.45, 7) is 11.1. The standard InChI is InChI=1S/C26H34N4O4.C18H24N4O.C8H12O4/c1-34-23-7-3-2-6-22(23)29-17-14-28(15-18-29)16-19-30(24-8-4-5-13-27-24)25(31)20-9-11-21(12-10-20)26(32)33;1-23-17-7-3-2-6-16(17)22-14-12-21(13-15-22)11-10-20-18-8-4-5-9-19-18;9-7(10)5-1-2-6(4-3-5)8(11)12/h2-8,13,20-21H,9-12,14-19H2,1H3,(H,32,33);2-9H,10-15H2,1H3,(H,19,20);5-6H,1-4H2,(H,9,10)(H,11,12). The number of carbonyl (C=O) groups is 4. The largest absolute Gasteiger partial charge is 0.495 e. The van der Waals surface area contributed by atoms with Crippen LogP contribution in [0.3, 0.4) is 0 Å². The van der Waals surface area contributed by atoms with Crippen LogP contribution in [0.5, 0.6) is 11.5 Å². The number of carbonyl (C=O) groups excluding carboxylic acids is 1. The molecule has 4 aromatic rings. The van der Waals surface area contributed by atoms with Crippen LogP contribution in [0.2, 0.25) is 0 Å². The molecule has 17 heteroatoms. The Labute approximate surface area is 406 Å². The maximum atomic E-state index is 13.5. The van der Waals surface area contributed by atoms with E-state index < -0.39 is 17.9 Å². The van der Waals surface area contributed by atoms with Crippen molar-refractivity contribution in [3.05, 3.63) is 97.3 Å². The van der Waals surface area contributed by atoms with Crippen molar-refractivity contribution in [3.63, 3.8) is 0 Å². The molecule has 2 aromatic heterocycles. The van der Waals surface area contributed by atoms with Crippen molar-refractivity contribution in [1.82, 2.24) is 19.8 Å². The van der Waals surface area contributed by atoms with Gasteiger partial charge in [0.25, 0.3) is 0 Å². The number of hydrogen-bond donors (Lipinski definition) is 4. The monoisotopic (exact) mass is 951 g/mol. The normalized spacial score (nSPS) is 20.7. The van der Waals surface area contributed by atoms with Gasteiger partial charge in [-0.3, -0.25) is 33.9 Å². The van der Waals surface area contributed by atoms with Crippen LogP contribution in [0.1, 0.15) is 51.4 Å². The number of carboxylic acids is 3. The zero-order chi connectivity index (χ0) is 49.0. The molecule has 2 saturated carbocycles. The maximum Gasteiger partial charge on any atom is 0.306 e. The third kappa shape index (κ3) is 15.5. The number of aliphatic carboxylic acids is 3. The predicted molar refractivity (Wildman–Crippen MR) is 266 cm³/mol. The van der Waals surface area contributed by atoms with Gasteiger partial charge in [0.1, 0.15) is 23.1 Å². The van der Waals surface area contributed by atoms with Gasteiger partial charge in [0.2, 0.25) is 5.91 Å². The summed E-state index contributed by atoms with van der Waals surface area (Å²) in [5, 5.41) is 29.9. The van der Waals surface area contributed by atoms with Gasteiger partial charge in [-0.1, -0.05) is 36.4 Å². The molecule has 0 unspecified atom stereocenters. The average Bonchev–Trinajstić information content (AvgIpc) is 3.40. The number of hydrogen-bond acceptors (Lipinski definition) is 13. The highest BCUT2D eigenvalue weighted by atomic mass is 16.5. The summed E-state index contributed by atoms with van der Waals surface area (Å²) < 4.78 is 11.0. The first-order valence-corrected chi connectivity index (χ1v) is 24.3. The van der Waals surface area contributed by atoms with E-state index in [0.717, 1.165) is 95.0 Å². The zero-order valence-corrected chi connectivity index (χ0v) is 40.1. The van der Waals surface area contributed by atoms with Gasteiger partial charge in [-0.25, -0.2) is 9.97 Å². The number of carboxylic acid groups (broad SMARTS) is 3. The van der Waals surface area contributed by atoms with Crippen molar-refractivity contribution >= 4 is 46.8 Å². The van der Waals surface area contributed by atoms with Crippen molar-refractivity contribution in [2.75, 3.05) is 113 Å². The number of rotatable bonds is 16. The Bertz CT molecular complexity index is 2170. The Morgan fingerprint density at radius 3 is 1.39 bits per heavy atom. The molecule has 2 saturated heterocycles. The summed E-state index contributed by atoms with van der Waals surface area (Å²) in [6.07, 6.45) is 7.92. The van der Waals surface area contributed by atoms with Crippen LogP contribution in [0.25, 0.3) is 0 Å². The molecule has 4 fully saturated rings. The SMILES string of the molecule is COc1ccccc1N1CCN(CCN(C(=O)C2CCC(C(=O)O)CC2)c2ccccn2)CC1.COc1ccccc1N1CCN(CCNc2ccccn2)CC1.O=C(O)C1CCC(C(=O)O)CC1. The van der Waals surface area contributed by atoms with Gasteiger partial charge in [0, 0.05) is 96.8 Å². The number of nitrogens with one attached hydrogen (secondary N) is 1. The molecule has 4 heterocycles. The summed E-state index contributed by atoms with van der Waals surface area (Å²) in [4.78, 5) is 65.9. The molecule has 0 bridgehead atoms. The third-order valence-corrected chi connectivity index (χ3v) is 13.7. The molecule has 17 nitrogen and oxygen atoms in total. The number of aromatic nitrogens is 2. The summed E-state index contributed by atoms with van der Waals surface area (Å²) >= 11 is 0. The molecular formula is C52H70N8O9. The first kappa shape index (κ1) is 51.9. The molecule has 1 amide bonds. The van der Waals surface area contributed by atoms with Gasteiger partial charge in [-0.2, -0.15) is 0 Å². The van der Waals surface area contributed by atoms with Gasteiger partial charge >= 0.3 is 17.9 Å². The fourth-order valence-corrected chi connectivity index (χ4v) is 9.50. The lowest BCUT2D eigenvalue weighted by atomic mass is 9.81. The van der Waals surface area contributed by atoms with Crippen LogP contribution in [0.4, 0.5) is 23.0 Å². The highest BCUT2D eigenvalue weighted by molar-refractivity contribution is 5.94. The van der Waals surface area contributed by atoms with Crippen LogP contribution < -0.4 is 29.5 Å². The Morgan fingerprint density at radius 2 is 0.971 bits per heavy atom. The first-order chi connectivity index (χ1) is 33.5. The highest BCUT2D eigenvalue weighted by Crippen LogP contribution is 2.33. The minimum atomic E-state index is -0.793. The summed E-state index contributed by atoms with van der Waals surface area (Å²) in [7, 11) is 3.44. The number of nitrogens with zero attached hydrogens (tertiary/aromatic N) is 7.